The van der Waals surface area contributed by atoms with Crippen molar-refractivity contribution in [3.8, 4) is 0 Å². The van der Waals surface area contributed by atoms with Gasteiger partial charge in [0.1, 0.15) is 7.05 Å². The van der Waals surface area contributed by atoms with Crippen molar-refractivity contribution in [1.82, 2.24) is 0 Å². The van der Waals surface area contributed by atoms with Gasteiger partial charge in [0.25, 0.3) is 0 Å². The van der Waals surface area contributed by atoms with Crippen molar-refractivity contribution >= 4 is 29.6 Å². The largest absolute Gasteiger partial charge is 0.398 e. The van der Waals surface area contributed by atoms with E-state index in [1.54, 1.807) is 0 Å². The van der Waals surface area contributed by atoms with Crippen LogP contribution < -0.4 is 9.47 Å². The number of allylic oxidation sites excluding steroid dienone is 5. The molecule has 2 aliphatic carbocycles. The quantitative estimate of drug-likeness (QED) is 0.333. The number of thioether (sulfide) groups is 1. The van der Waals surface area contributed by atoms with Gasteiger partial charge in [-0.1, -0.05) is 80.2 Å². The number of hydrogen-bond acceptors (Lipinski definition) is 3. The average molecular weight is 508 g/mol. The normalized spacial score (nSPS) is 22.3. The highest BCUT2D eigenvalue weighted by atomic mass is 32.2. The lowest BCUT2D eigenvalue weighted by atomic mass is 9.75. The highest BCUT2D eigenvalue weighted by molar-refractivity contribution is 8.03. The lowest BCUT2D eigenvalue weighted by Gasteiger charge is -2.30. The molecule has 0 radical (unpaired) electrons. The zero-order chi connectivity index (χ0) is 25.6. The second kappa shape index (κ2) is 9.57. The van der Waals surface area contributed by atoms with Gasteiger partial charge in [-0.15, -0.1) is 0 Å². The fraction of sp³-hybridized carbons (Fsp3) is 0.303. The van der Waals surface area contributed by atoms with Gasteiger partial charge in [-0.25, -0.2) is 0 Å². The van der Waals surface area contributed by atoms with E-state index in [1.807, 2.05) is 11.8 Å². The van der Waals surface area contributed by atoms with Gasteiger partial charge in [0, 0.05) is 23.8 Å². The number of benzene rings is 2. The molecular formula is C33H35N2OS+. The summed E-state index contributed by atoms with van der Waals surface area (Å²) in [5, 5.41) is 1.32. The fourth-order valence-electron chi connectivity index (χ4n) is 5.94. The average Bonchev–Trinajstić information content (AvgIpc) is 3.39. The van der Waals surface area contributed by atoms with Crippen LogP contribution in [0.25, 0.3) is 12.2 Å². The van der Waals surface area contributed by atoms with Crippen LogP contribution in [-0.2, 0) is 13.5 Å². The molecule has 6 rings (SSSR count). The van der Waals surface area contributed by atoms with E-state index in [4.69, 9.17) is 4.42 Å². The van der Waals surface area contributed by atoms with Crippen molar-refractivity contribution in [3.05, 3.63) is 112 Å². The lowest BCUT2D eigenvalue weighted by Crippen LogP contribution is -2.35. The Balaban J connectivity index is 1.30. The van der Waals surface area contributed by atoms with Crippen LogP contribution in [0.3, 0.4) is 0 Å². The molecule has 37 heavy (non-hydrogen) atoms. The van der Waals surface area contributed by atoms with Crippen LogP contribution in [0.15, 0.2) is 98.3 Å². The molecule has 1 aliphatic heterocycles. The molecule has 188 valence electrons. The van der Waals surface area contributed by atoms with Gasteiger partial charge in [0.2, 0.25) is 5.69 Å². The zero-order valence-electron chi connectivity index (χ0n) is 22.2. The van der Waals surface area contributed by atoms with Crippen molar-refractivity contribution in [2.75, 3.05) is 11.4 Å². The highest BCUT2D eigenvalue weighted by Crippen LogP contribution is 2.47. The molecule has 3 aromatic rings. The predicted octanol–water partition coefficient (Wildman–Crippen LogP) is 8.06. The minimum Gasteiger partial charge on any atom is -0.398 e. The van der Waals surface area contributed by atoms with Gasteiger partial charge >= 0.3 is 5.89 Å². The van der Waals surface area contributed by atoms with E-state index >= 15 is 0 Å². The molecule has 3 aliphatic rings. The fourth-order valence-corrected chi connectivity index (χ4v) is 7.14. The Morgan fingerprint density at radius 1 is 1.05 bits per heavy atom. The van der Waals surface area contributed by atoms with Crippen LogP contribution in [0.4, 0.5) is 5.69 Å². The highest BCUT2D eigenvalue weighted by Gasteiger charge is 2.31. The maximum absolute atomic E-state index is 6.38. The van der Waals surface area contributed by atoms with E-state index in [9.17, 15) is 0 Å². The topological polar surface area (TPSA) is 20.3 Å². The lowest BCUT2D eigenvalue weighted by molar-refractivity contribution is -0.683. The number of nitrogens with zero attached hydrogens (tertiary/aromatic N) is 2. The molecule has 1 unspecified atom stereocenters. The summed E-state index contributed by atoms with van der Waals surface area (Å²) in [4.78, 5) is 3.78. The Bertz CT molecular complexity index is 1450. The number of rotatable bonds is 4. The van der Waals surface area contributed by atoms with Crippen molar-refractivity contribution in [2.24, 2.45) is 12.5 Å². The van der Waals surface area contributed by atoms with Gasteiger partial charge < -0.3 is 9.32 Å². The Kier molecular flexibility index (Phi) is 6.24. The second-order valence-electron chi connectivity index (χ2n) is 11.1. The molecule has 3 nitrogen and oxygen atoms in total. The first-order chi connectivity index (χ1) is 17.9. The Morgan fingerprint density at radius 2 is 1.84 bits per heavy atom. The van der Waals surface area contributed by atoms with E-state index in [0.717, 1.165) is 37.5 Å². The van der Waals surface area contributed by atoms with E-state index in [-0.39, 0.29) is 5.41 Å². The molecule has 0 spiro atoms. The van der Waals surface area contributed by atoms with E-state index in [2.05, 4.69) is 122 Å². The van der Waals surface area contributed by atoms with Gasteiger partial charge in [-0.2, -0.15) is 4.57 Å². The molecule has 0 saturated carbocycles. The molecule has 4 heteroatoms. The first kappa shape index (κ1) is 24.1. The maximum atomic E-state index is 6.38. The summed E-state index contributed by atoms with van der Waals surface area (Å²) in [7, 11) is 2.14. The first-order valence-electron chi connectivity index (χ1n) is 13.3. The molecule has 2 aromatic carbocycles. The molecule has 1 aromatic heterocycles. The Labute approximate surface area is 224 Å². The SMILES string of the molecule is CCN1/C(=C/C2=CC(=C/c3oc4c([n+]3C)CC(c3ccccc3)C=C4)/CC(C)(C)C2)Sc2ccccc21. The van der Waals surface area contributed by atoms with E-state index in [1.165, 1.54) is 38.0 Å². The molecule has 2 heterocycles. The summed E-state index contributed by atoms with van der Waals surface area (Å²) >= 11 is 1.88. The van der Waals surface area contributed by atoms with Crippen molar-refractivity contribution in [3.63, 3.8) is 0 Å². The van der Waals surface area contributed by atoms with Crippen molar-refractivity contribution in [1.29, 1.82) is 0 Å². The monoisotopic (exact) mass is 507 g/mol. The molecule has 0 bridgehead atoms. The molecule has 0 amide bonds. The summed E-state index contributed by atoms with van der Waals surface area (Å²) in [5.74, 6) is 2.30. The second-order valence-corrected chi connectivity index (χ2v) is 12.2. The summed E-state index contributed by atoms with van der Waals surface area (Å²) in [6.45, 7) is 7.96. The first-order valence-corrected chi connectivity index (χ1v) is 14.1. The smallest absolute Gasteiger partial charge is 0.373 e. The van der Waals surface area contributed by atoms with Crippen molar-refractivity contribution < 1.29 is 8.98 Å². The number of fused-ring (bicyclic) bond motifs is 2. The third-order valence-electron chi connectivity index (χ3n) is 7.66. The number of hydrogen-bond donors (Lipinski definition) is 0. The van der Waals surface area contributed by atoms with Crippen molar-refractivity contribution in [2.45, 2.75) is 50.8 Å². The number of oxazole rings is 1. The maximum Gasteiger partial charge on any atom is 0.373 e. The van der Waals surface area contributed by atoms with Gasteiger partial charge in [-0.3, -0.25) is 0 Å². The summed E-state index contributed by atoms with van der Waals surface area (Å²) in [6, 6.07) is 19.5. The third-order valence-corrected chi connectivity index (χ3v) is 8.77. The van der Waals surface area contributed by atoms with Crippen LogP contribution in [0, 0.1) is 5.41 Å². The van der Waals surface area contributed by atoms with Crippen LogP contribution >= 0.6 is 11.8 Å². The molecule has 0 saturated heterocycles. The minimum atomic E-state index is 0.198. The zero-order valence-corrected chi connectivity index (χ0v) is 23.0. The van der Waals surface area contributed by atoms with Gasteiger partial charge in [-0.05, 0) is 66.2 Å². The van der Waals surface area contributed by atoms with E-state index in [0.29, 0.717) is 5.92 Å². The summed E-state index contributed by atoms with van der Waals surface area (Å²) in [6.07, 6.45) is 14.6. The molecular weight excluding hydrogens is 472 g/mol. The number of para-hydroxylation sites is 1. The van der Waals surface area contributed by atoms with Gasteiger partial charge in [0.05, 0.1) is 16.8 Å². The van der Waals surface area contributed by atoms with Crippen LogP contribution in [-0.4, -0.2) is 6.54 Å². The minimum absolute atomic E-state index is 0.198. The molecule has 0 N–H and O–H groups in total. The van der Waals surface area contributed by atoms with Crippen LogP contribution in [0.1, 0.15) is 62.4 Å². The van der Waals surface area contributed by atoms with Crippen LogP contribution in [0.5, 0.6) is 0 Å². The Hall–Kier alpha value is -3.24. The summed E-state index contributed by atoms with van der Waals surface area (Å²) in [5.41, 5.74) is 6.86. The summed E-state index contributed by atoms with van der Waals surface area (Å²) < 4.78 is 8.63. The number of anilines is 1. The van der Waals surface area contributed by atoms with Gasteiger partial charge in [0.15, 0.2) is 5.76 Å². The third kappa shape index (κ3) is 4.75. The predicted molar refractivity (Wildman–Crippen MR) is 154 cm³/mol. The standard InChI is InChI=1S/C33H35N2OS/c1-5-35-27-13-9-10-14-30(27)37-32(35)19-24-17-23(21-33(2,3)22-24)18-31-34(4)28-20-26(15-16-29(28)36-31)25-11-7-6-8-12-25/h6-19,26H,5,20-22H2,1-4H3/q+1. The molecule has 0 fully saturated rings. The Morgan fingerprint density at radius 3 is 2.65 bits per heavy atom. The van der Waals surface area contributed by atoms with E-state index < -0.39 is 0 Å². The molecule has 1 atom stereocenters. The number of aromatic nitrogens is 1. The van der Waals surface area contributed by atoms with Crippen LogP contribution in [0.2, 0.25) is 0 Å².